The predicted octanol–water partition coefficient (Wildman–Crippen LogP) is 2.64. The summed E-state index contributed by atoms with van der Waals surface area (Å²) in [5.41, 5.74) is 0.855. The lowest BCUT2D eigenvalue weighted by Gasteiger charge is -2.11. The fourth-order valence-electron chi connectivity index (χ4n) is 1.65. The van der Waals surface area contributed by atoms with E-state index in [1.165, 1.54) is 6.07 Å². The highest BCUT2D eigenvalue weighted by Crippen LogP contribution is 2.32. The van der Waals surface area contributed by atoms with Crippen LogP contribution in [0, 0.1) is 11.6 Å². The van der Waals surface area contributed by atoms with E-state index in [1.807, 2.05) is 0 Å². The lowest BCUT2D eigenvalue weighted by atomic mass is 10.0. The van der Waals surface area contributed by atoms with Crippen molar-refractivity contribution in [2.45, 2.75) is 18.3 Å². The van der Waals surface area contributed by atoms with E-state index in [0.717, 1.165) is 11.8 Å². The summed E-state index contributed by atoms with van der Waals surface area (Å²) < 4.78 is 26.2. The van der Waals surface area contributed by atoms with Crippen molar-refractivity contribution < 1.29 is 13.9 Å². The molecule has 1 aliphatic heterocycles. The van der Waals surface area contributed by atoms with Crippen LogP contribution < -0.4 is 0 Å². The van der Waals surface area contributed by atoms with Crippen LogP contribution in [0.3, 0.4) is 0 Å². The molecule has 0 unspecified atom stereocenters. The minimum atomic E-state index is -0.791. The molecule has 0 radical (unpaired) electrons. The second-order valence-corrected chi connectivity index (χ2v) is 4.42. The van der Waals surface area contributed by atoms with Crippen molar-refractivity contribution in [3.8, 4) is 0 Å². The van der Waals surface area contributed by atoms with Gasteiger partial charge in [-0.15, -0.1) is 0 Å². The summed E-state index contributed by atoms with van der Waals surface area (Å²) in [4.78, 5) is 0. The average Bonchev–Trinajstić information content (AvgIpc) is 2.27. The Morgan fingerprint density at radius 2 is 2.14 bits per heavy atom. The molecule has 1 aromatic carbocycles. The van der Waals surface area contributed by atoms with Gasteiger partial charge in [0.1, 0.15) is 11.6 Å². The van der Waals surface area contributed by atoms with Gasteiger partial charge >= 0.3 is 0 Å². The van der Waals surface area contributed by atoms with Crippen molar-refractivity contribution in [2.24, 2.45) is 0 Å². The number of thioether (sulfide) groups is 1. The number of aliphatic hydroxyl groups excluding tert-OH is 1. The summed E-state index contributed by atoms with van der Waals surface area (Å²) >= 11 is 1.59. The Bertz CT molecular complexity index is 354. The first kappa shape index (κ1) is 9.93. The molecule has 0 saturated heterocycles. The summed E-state index contributed by atoms with van der Waals surface area (Å²) in [6.07, 6.45) is -0.263. The lowest BCUT2D eigenvalue weighted by molar-refractivity contribution is 0.170. The second kappa shape index (κ2) is 3.87. The van der Waals surface area contributed by atoms with Crippen molar-refractivity contribution >= 4 is 11.8 Å². The maximum Gasteiger partial charge on any atom is 0.132 e. The zero-order valence-electron chi connectivity index (χ0n) is 7.46. The van der Waals surface area contributed by atoms with E-state index in [4.69, 9.17) is 0 Å². The molecule has 0 aromatic heterocycles. The predicted molar refractivity (Wildman–Crippen MR) is 52.1 cm³/mol. The number of benzene rings is 1. The number of halogens is 2. The van der Waals surface area contributed by atoms with Crippen LogP contribution in [0.5, 0.6) is 0 Å². The van der Waals surface area contributed by atoms with Crippen LogP contribution in [-0.2, 0) is 5.75 Å². The molecular formula is C10H10F2OS. The van der Waals surface area contributed by atoms with Crippen molar-refractivity contribution in [3.05, 3.63) is 34.9 Å². The molecule has 0 fully saturated rings. The number of fused-ring (bicyclic) bond motifs is 1. The summed E-state index contributed by atoms with van der Waals surface area (Å²) in [6.45, 7) is 0. The summed E-state index contributed by atoms with van der Waals surface area (Å²) in [5.74, 6) is 0.142. The molecule has 1 aliphatic rings. The van der Waals surface area contributed by atoms with Crippen LogP contribution >= 0.6 is 11.8 Å². The Hall–Kier alpha value is -0.610. The monoisotopic (exact) mass is 216 g/mol. The van der Waals surface area contributed by atoms with E-state index < -0.39 is 17.7 Å². The highest BCUT2D eigenvalue weighted by Gasteiger charge is 2.21. The highest BCUT2D eigenvalue weighted by atomic mass is 32.2. The molecule has 76 valence electrons. The number of hydrogen-bond acceptors (Lipinski definition) is 2. The molecule has 1 atom stereocenters. The van der Waals surface area contributed by atoms with E-state index in [0.29, 0.717) is 17.7 Å². The Morgan fingerprint density at radius 3 is 2.93 bits per heavy atom. The van der Waals surface area contributed by atoms with Gasteiger partial charge in [0.25, 0.3) is 0 Å². The fraction of sp³-hybridized carbons (Fsp3) is 0.400. The van der Waals surface area contributed by atoms with Crippen molar-refractivity contribution in [1.29, 1.82) is 0 Å². The van der Waals surface area contributed by atoms with Crippen LogP contribution in [0.4, 0.5) is 8.78 Å². The Balaban J connectivity index is 2.53. The minimum absolute atomic E-state index is 0.274. The topological polar surface area (TPSA) is 20.2 Å². The molecule has 4 heteroatoms. The zero-order valence-corrected chi connectivity index (χ0v) is 8.28. The van der Waals surface area contributed by atoms with Gasteiger partial charge in [-0.1, -0.05) is 0 Å². The van der Waals surface area contributed by atoms with E-state index >= 15 is 0 Å². The third kappa shape index (κ3) is 1.77. The molecule has 1 N–H and O–H groups in total. The zero-order chi connectivity index (χ0) is 10.1. The maximum absolute atomic E-state index is 13.4. The maximum atomic E-state index is 13.4. The van der Waals surface area contributed by atoms with E-state index in [2.05, 4.69) is 0 Å². The number of hydrogen-bond donors (Lipinski definition) is 1. The smallest absolute Gasteiger partial charge is 0.132 e. The quantitative estimate of drug-likeness (QED) is 0.719. The van der Waals surface area contributed by atoms with Crippen molar-refractivity contribution in [1.82, 2.24) is 0 Å². The molecule has 0 aliphatic carbocycles. The standard InChI is InChI=1S/C10H10F2OS/c11-7-3-6-5-14-2-1-9(13)10(6)8(12)4-7/h3-4,9,13H,1-2,5H2/t9-/m0/s1. The lowest BCUT2D eigenvalue weighted by Crippen LogP contribution is -2.04. The summed E-state index contributed by atoms with van der Waals surface area (Å²) in [7, 11) is 0. The van der Waals surface area contributed by atoms with Gasteiger partial charge in [-0.2, -0.15) is 11.8 Å². The van der Waals surface area contributed by atoms with Crippen LogP contribution in [0.1, 0.15) is 23.7 Å². The summed E-state index contributed by atoms with van der Waals surface area (Å²) in [6, 6.07) is 2.14. The molecular weight excluding hydrogens is 206 g/mol. The van der Waals surface area contributed by atoms with Crippen molar-refractivity contribution in [3.63, 3.8) is 0 Å². The second-order valence-electron chi connectivity index (χ2n) is 3.32. The van der Waals surface area contributed by atoms with Crippen LogP contribution in [0.15, 0.2) is 12.1 Å². The molecule has 1 aromatic rings. The van der Waals surface area contributed by atoms with Gasteiger partial charge in [-0.25, -0.2) is 8.78 Å². The first-order valence-electron chi connectivity index (χ1n) is 4.42. The third-order valence-corrected chi connectivity index (χ3v) is 3.35. The Morgan fingerprint density at radius 1 is 1.36 bits per heavy atom. The number of aliphatic hydroxyl groups is 1. The molecule has 14 heavy (non-hydrogen) atoms. The first-order valence-corrected chi connectivity index (χ1v) is 5.57. The minimum Gasteiger partial charge on any atom is -0.388 e. The first-order chi connectivity index (χ1) is 6.68. The van der Waals surface area contributed by atoms with Crippen LogP contribution in [-0.4, -0.2) is 10.9 Å². The van der Waals surface area contributed by atoms with E-state index in [-0.39, 0.29) is 5.56 Å². The molecule has 0 amide bonds. The van der Waals surface area contributed by atoms with Crippen LogP contribution in [0.25, 0.3) is 0 Å². The van der Waals surface area contributed by atoms with Gasteiger partial charge in [0.15, 0.2) is 0 Å². The molecule has 1 heterocycles. The van der Waals surface area contributed by atoms with E-state index in [1.54, 1.807) is 11.8 Å². The van der Waals surface area contributed by atoms with Gasteiger partial charge < -0.3 is 5.11 Å². The van der Waals surface area contributed by atoms with Gasteiger partial charge in [-0.05, 0) is 23.8 Å². The molecule has 0 spiro atoms. The Kier molecular flexibility index (Phi) is 2.74. The van der Waals surface area contributed by atoms with Gasteiger partial charge in [0.2, 0.25) is 0 Å². The van der Waals surface area contributed by atoms with E-state index in [9.17, 15) is 13.9 Å². The number of rotatable bonds is 0. The van der Waals surface area contributed by atoms with Crippen molar-refractivity contribution in [2.75, 3.05) is 5.75 Å². The summed E-state index contributed by atoms with van der Waals surface area (Å²) in [5, 5.41) is 9.64. The normalized spacial score (nSPS) is 21.5. The molecule has 2 rings (SSSR count). The average molecular weight is 216 g/mol. The Labute approximate surface area is 85.1 Å². The molecule has 0 bridgehead atoms. The third-order valence-electron chi connectivity index (χ3n) is 2.31. The largest absolute Gasteiger partial charge is 0.388 e. The van der Waals surface area contributed by atoms with Crippen LogP contribution in [0.2, 0.25) is 0 Å². The van der Waals surface area contributed by atoms with Gasteiger partial charge in [0.05, 0.1) is 6.10 Å². The molecule has 1 nitrogen and oxygen atoms in total. The highest BCUT2D eigenvalue weighted by molar-refractivity contribution is 7.98. The SMILES string of the molecule is O[C@H]1CCSCc2cc(F)cc(F)c21. The molecule has 0 saturated carbocycles. The fourth-order valence-corrected chi connectivity index (χ4v) is 2.65. The van der Waals surface area contributed by atoms with Gasteiger partial charge in [-0.3, -0.25) is 0 Å². The van der Waals surface area contributed by atoms with Gasteiger partial charge in [0, 0.05) is 17.4 Å².